The summed E-state index contributed by atoms with van der Waals surface area (Å²) in [6.45, 7) is 2.14. The number of nitrogens with one attached hydrogen (secondary N) is 2. The molecule has 1 aromatic heterocycles. The van der Waals surface area contributed by atoms with Crippen LogP contribution < -0.4 is 16.6 Å². The molecule has 1 fully saturated rings. The van der Waals surface area contributed by atoms with Crippen LogP contribution in [0.1, 0.15) is 38.2 Å². The lowest BCUT2D eigenvalue weighted by molar-refractivity contribution is 0.444. The normalized spacial score (nSPS) is 15.6. The summed E-state index contributed by atoms with van der Waals surface area (Å²) in [6, 6.07) is 0.580. The number of hydrogen-bond acceptors (Lipinski definition) is 5. The number of rotatable bonds is 5. The highest BCUT2D eigenvalue weighted by atomic mass is 15.3. The van der Waals surface area contributed by atoms with Gasteiger partial charge in [0.25, 0.3) is 0 Å². The fraction of sp³-hybridized carbons (Fsp3) is 0.636. The number of aromatic nitrogens is 2. The van der Waals surface area contributed by atoms with E-state index in [0.29, 0.717) is 6.04 Å². The fourth-order valence-electron chi connectivity index (χ4n) is 1.89. The number of hydrazine groups is 1. The van der Waals surface area contributed by atoms with E-state index in [4.69, 9.17) is 5.84 Å². The summed E-state index contributed by atoms with van der Waals surface area (Å²) in [6.07, 6.45) is 7.34. The van der Waals surface area contributed by atoms with Crippen LogP contribution in [-0.4, -0.2) is 16.0 Å². The summed E-state index contributed by atoms with van der Waals surface area (Å²) in [5.41, 5.74) is 3.74. The standard InChI is InChI=1S/C11H19N5/c1-2-4-9-10(15-8-5-3-6-8)13-7-14-11(9)16-12/h7-8H,2-6,12H2,1H3,(H2,13,14,15,16). The topological polar surface area (TPSA) is 75.9 Å². The van der Waals surface area contributed by atoms with Gasteiger partial charge in [0.15, 0.2) is 0 Å². The minimum absolute atomic E-state index is 0.580. The maximum atomic E-state index is 5.46. The molecule has 1 saturated carbocycles. The molecule has 5 nitrogen and oxygen atoms in total. The number of nitrogen functional groups attached to an aromatic ring is 1. The van der Waals surface area contributed by atoms with Crippen molar-refractivity contribution in [3.63, 3.8) is 0 Å². The SMILES string of the molecule is CCCc1c(NN)ncnc1NC1CCC1. The highest BCUT2D eigenvalue weighted by molar-refractivity contribution is 5.57. The van der Waals surface area contributed by atoms with E-state index in [9.17, 15) is 0 Å². The second kappa shape index (κ2) is 5.12. The summed E-state index contributed by atoms with van der Waals surface area (Å²) >= 11 is 0. The maximum absolute atomic E-state index is 5.46. The van der Waals surface area contributed by atoms with E-state index in [0.717, 1.165) is 30.0 Å². The van der Waals surface area contributed by atoms with Crippen LogP contribution in [0, 0.1) is 0 Å². The predicted molar refractivity (Wildman–Crippen MR) is 65.1 cm³/mol. The largest absolute Gasteiger partial charge is 0.367 e. The van der Waals surface area contributed by atoms with Crippen molar-refractivity contribution in [3.8, 4) is 0 Å². The van der Waals surface area contributed by atoms with Gasteiger partial charge in [0, 0.05) is 11.6 Å². The number of anilines is 2. The second-order valence-corrected chi connectivity index (χ2v) is 4.22. The van der Waals surface area contributed by atoms with Gasteiger partial charge in [0.2, 0.25) is 0 Å². The van der Waals surface area contributed by atoms with Crippen LogP contribution in [0.2, 0.25) is 0 Å². The van der Waals surface area contributed by atoms with Crippen molar-refractivity contribution in [1.82, 2.24) is 9.97 Å². The van der Waals surface area contributed by atoms with Crippen molar-refractivity contribution in [2.24, 2.45) is 5.84 Å². The molecule has 4 N–H and O–H groups in total. The van der Waals surface area contributed by atoms with Crippen LogP contribution in [0.4, 0.5) is 11.6 Å². The molecule has 0 bridgehead atoms. The van der Waals surface area contributed by atoms with Crippen molar-refractivity contribution >= 4 is 11.6 Å². The van der Waals surface area contributed by atoms with Crippen molar-refractivity contribution in [1.29, 1.82) is 0 Å². The Morgan fingerprint density at radius 1 is 1.38 bits per heavy atom. The third kappa shape index (κ3) is 2.24. The molecule has 2 rings (SSSR count). The molecule has 1 heterocycles. The third-order valence-corrected chi connectivity index (χ3v) is 3.03. The lowest BCUT2D eigenvalue weighted by Gasteiger charge is -2.28. The fourth-order valence-corrected chi connectivity index (χ4v) is 1.89. The van der Waals surface area contributed by atoms with Crippen molar-refractivity contribution in [2.75, 3.05) is 10.7 Å². The summed E-state index contributed by atoms with van der Waals surface area (Å²) in [4.78, 5) is 8.45. The molecular formula is C11H19N5. The molecule has 1 aliphatic carbocycles. The Hall–Kier alpha value is -1.36. The van der Waals surface area contributed by atoms with Gasteiger partial charge in [0.1, 0.15) is 18.0 Å². The van der Waals surface area contributed by atoms with E-state index >= 15 is 0 Å². The molecule has 0 saturated heterocycles. The first-order chi connectivity index (χ1) is 7.85. The molecule has 0 spiro atoms. The molecule has 0 amide bonds. The van der Waals surface area contributed by atoms with Gasteiger partial charge < -0.3 is 10.7 Å². The predicted octanol–water partition coefficient (Wildman–Crippen LogP) is 1.68. The second-order valence-electron chi connectivity index (χ2n) is 4.22. The highest BCUT2D eigenvalue weighted by Gasteiger charge is 2.19. The molecule has 5 heteroatoms. The molecule has 0 unspecified atom stereocenters. The first kappa shape index (κ1) is 11.1. The third-order valence-electron chi connectivity index (χ3n) is 3.03. The first-order valence-electron chi connectivity index (χ1n) is 5.92. The molecular weight excluding hydrogens is 202 g/mol. The summed E-state index contributed by atoms with van der Waals surface area (Å²) in [7, 11) is 0. The van der Waals surface area contributed by atoms with Crippen molar-refractivity contribution < 1.29 is 0 Å². The van der Waals surface area contributed by atoms with Crippen molar-refractivity contribution in [2.45, 2.75) is 45.1 Å². The van der Waals surface area contributed by atoms with Gasteiger partial charge in [-0.25, -0.2) is 15.8 Å². The minimum atomic E-state index is 0.580. The molecule has 16 heavy (non-hydrogen) atoms. The Kier molecular flexibility index (Phi) is 3.56. The summed E-state index contributed by atoms with van der Waals surface area (Å²) in [5.74, 6) is 7.13. The zero-order valence-corrected chi connectivity index (χ0v) is 9.66. The van der Waals surface area contributed by atoms with Gasteiger partial charge >= 0.3 is 0 Å². The quantitative estimate of drug-likeness (QED) is 0.521. The number of hydrogen-bond donors (Lipinski definition) is 3. The van der Waals surface area contributed by atoms with Crippen LogP contribution >= 0.6 is 0 Å². The van der Waals surface area contributed by atoms with E-state index in [-0.39, 0.29) is 0 Å². The zero-order valence-electron chi connectivity index (χ0n) is 9.66. The van der Waals surface area contributed by atoms with Gasteiger partial charge in [-0.3, -0.25) is 0 Å². The van der Waals surface area contributed by atoms with Gasteiger partial charge in [-0.05, 0) is 25.7 Å². The van der Waals surface area contributed by atoms with Crippen LogP contribution in [0.25, 0.3) is 0 Å². The molecule has 1 aliphatic rings. The monoisotopic (exact) mass is 221 g/mol. The Bertz CT molecular complexity index is 348. The zero-order chi connectivity index (χ0) is 11.4. The van der Waals surface area contributed by atoms with Gasteiger partial charge in [-0.15, -0.1) is 0 Å². The average molecular weight is 221 g/mol. The Morgan fingerprint density at radius 3 is 2.69 bits per heavy atom. The van der Waals surface area contributed by atoms with Crippen LogP contribution in [0.15, 0.2) is 6.33 Å². The smallest absolute Gasteiger partial charge is 0.148 e. The lowest BCUT2D eigenvalue weighted by Crippen LogP contribution is -2.28. The first-order valence-corrected chi connectivity index (χ1v) is 5.92. The number of nitrogens with two attached hydrogens (primary N) is 1. The van der Waals surface area contributed by atoms with Gasteiger partial charge in [-0.1, -0.05) is 13.3 Å². The maximum Gasteiger partial charge on any atom is 0.148 e. The summed E-state index contributed by atoms with van der Waals surface area (Å²) in [5, 5.41) is 3.46. The average Bonchev–Trinajstić information content (AvgIpc) is 2.25. The van der Waals surface area contributed by atoms with E-state index in [1.54, 1.807) is 6.33 Å². The highest BCUT2D eigenvalue weighted by Crippen LogP contribution is 2.26. The summed E-state index contributed by atoms with van der Waals surface area (Å²) < 4.78 is 0. The van der Waals surface area contributed by atoms with E-state index in [2.05, 4.69) is 27.6 Å². The molecule has 88 valence electrons. The Labute approximate surface area is 95.8 Å². The molecule has 0 radical (unpaired) electrons. The van der Waals surface area contributed by atoms with Crippen LogP contribution in [0.3, 0.4) is 0 Å². The van der Waals surface area contributed by atoms with Crippen LogP contribution in [-0.2, 0) is 6.42 Å². The molecule has 0 aromatic carbocycles. The van der Waals surface area contributed by atoms with E-state index < -0.39 is 0 Å². The Balaban J connectivity index is 2.19. The lowest BCUT2D eigenvalue weighted by atomic mass is 9.93. The van der Waals surface area contributed by atoms with Crippen LogP contribution in [0.5, 0.6) is 0 Å². The Morgan fingerprint density at radius 2 is 2.12 bits per heavy atom. The molecule has 0 atom stereocenters. The minimum Gasteiger partial charge on any atom is -0.367 e. The molecule has 0 aliphatic heterocycles. The van der Waals surface area contributed by atoms with Gasteiger partial charge in [-0.2, -0.15) is 0 Å². The molecule has 1 aromatic rings. The van der Waals surface area contributed by atoms with Crippen molar-refractivity contribution in [3.05, 3.63) is 11.9 Å². The van der Waals surface area contributed by atoms with E-state index in [1.807, 2.05) is 0 Å². The van der Waals surface area contributed by atoms with Gasteiger partial charge in [0.05, 0.1) is 0 Å². The number of nitrogens with zero attached hydrogens (tertiary/aromatic N) is 2. The van der Waals surface area contributed by atoms with E-state index in [1.165, 1.54) is 19.3 Å².